The van der Waals surface area contributed by atoms with Crippen LogP contribution < -0.4 is 0 Å². The highest BCUT2D eigenvalue weighted by atomic mass is 16.6. The van der Waals surface area contributed by atoms with E-state index in [9.17, 15) is 28.8 Å². The Bertz CT molecular complexity index is 815. The fourth-order valence-corrected chi connectivity index (χ4v) is 3.32. The van der Waals surface area contributed by atoms with Crippen molar-refractivity contribution in [1.29, 1.82) is 0 Å². The van der Waals surface area contributed by atoms with Gasteiger partial charge in [0.15, 0.2) is 0 Å². The molecular weight excluding hydrogens is 472 g/mol. The van der Waals surface area contributed by atoms with Crippen LogP contribution in [0.5, 0.6) is 0 Å². The summed E-state index contributed by atoms with van der Waals surface area (Å²) in [6.07, 6.45) is 7.20. The Morgan fingerprint density at radius 2 is 0.750 bits per heavy atom. The van der Waals surface area contributed by atoms with Crippen LogP contribution in [0, 0.1) is 0 Å². The normalized spacial score (nSPS) is 10.4. The lowest BCUT2D eigenvalue weighted by Crippen LogP contribution is -2.14. The van der Waals surface area contributed by atoms with Crippen molar-refractivity contribution in [1.82, 2.24) is 0 Å². The van der Waals surface area contributed by atoms with Crippen molar-refractivity contribution in [2.45, 2.75) is 89.9 Å². The molecule has 0 aliphatic carbocycles. The number of hydrogen-bond donors (Lipinski definition) is 2. The molecule has 10 nitrogen and oxygen atoms in total. The van der Waals surface area contributed by atoms with E-state index in [1.807, 2.05) is 0 Å². The number of carbonyl (C=O) groups is 6. The standard InChI is InChI=1S/C26H34O10/c27-21(28)11-7-3-1-5-9-13-23(31)35-25(33)19-15-17-20(18-16-19)26(34)36-24(32)14-10-6-2-4-8-12-22(29)30/h15-18H,1-14H2,(H,27,28)(H,29,30). The van der Waals surface area contributed by atoms with E-state index in [0.717, 1.165) is 38.5 Å². The van der Waals surface area contributed by atoms with Gasteiger partial charge in [0.1, 0.15) is 0 Å². The molecule has 0 aromatic heterocycles. The van der Waals surface area contributed by atoms with E-state index in [-0.39, 0.29) is 36.8 Å². The van der Waals surface area contributed by atoms with Gasteiger partial charge in [0.05, 0.1) is 11.1 Å². The van der Waals surface area contributed by atoms with Gasteiger partial charge in [-0.25, -0.2) is 9.59 Å². The van der Waals surface area contributed by atoms with Crippen molar-refractivity contribution in [3.63, 3.8) is 0 Å². The molecule has 10 heteroatoms. The summed E-state index contributed by atoms with van der Waals surface area (Å²) >= 11 is 0. The number of esters is 4. The second kappa shape index (κ2) is 17.8. The summed E-state index contributed by atoms with van der Waals surface area (Å²) in [7, 11) is 0. The van der Waals surface area contributed by atoms with Gasteiger partial charge in [-0.05, 0) is 49.9 Å². The number of rotatable bonds is 18. The molecule has 0 aliphatic heterocycles. The lowest BCUT2D eigenvalue weighted by atomic mass is 10.1. The average Bonchev–Trinajstić information content (AvgIpc) is 2.82. The number of benzene rings is 1. The van der Waals surface area contributed by atoms with Crippen molar-refractivity contribution in [2.24, 2.45) is 0 Å². The zero-order valence-electron chi connectivity index (χ0n) is 20.4. The van der Waals surface area contributed by atoms with E-state index >= 15 is 0 Å². The first kappa shape index (κ1) is 30.5. The number of carboxylic acid groups (broad SMARTS) is 2. The topological polar surface area (TPSA) is 161 Å². The van der Waals surface area contributed by atoms with Gasteiger partial charge < -0.3 is 19.7 Å². The van der Waals surface area contributed by atoms with Crippen LogP contribution in [0.1, 0.15) is 111 Å². The minimum atomic E-state index is -0.846. The summed E-state index contributed by atoms with van der Waals surface area (Å²) < 4.78 is 9.59. The van der Waals surface area contributed by atoms with E-state index in [1.165, 1.54) is 24.3 Å². The molecule has 1 rings (SSSR count). The summed E-state index contributed by atoms with van der Waals surface area (Å²) in [6.45, 7) is 0. The molecule has 0 saturated heterocycles. The molecule has 1 aromatic carbocycles. The Morgan fingerprint density at radius 1 is 0.472 bits per heavy atom. The zero-order chi connectivity index (χ0) is 26.8. The van der Waals surface area contributed by atoms with Gasteiger partial charge in [-0.3, -0.25) is 19.2 Å². The Morgan fingerprint density at radius 3 is 1.06 bits per heavy atom. The van der Waals surface area contributed by atoms with Crippen molar-refractivity contribution in [3.8, 4) is 0 Å². The second-order valence-corrected chi connectivity index (χ2v) is 8.42. The third-order valence-corrected chi connectivity index (χ3v) is 5.31. The molecule has 0 fully saturated rings. The molecule has 0 atom stereocenters. The van der Waals surface area contributed by atoms with Crippen LogP contribution in [-0.4, -0.2) is 46.0 Å². The SMILES string of the molecule is O=C(O)CCCCCCCC(=O)OC(=O)c1ccc(C(=O)OC(=O)CCCCCCCC(=O)O)cc1. The smallest absolute Gasteiger partial charge is 0.345 e. The van der Waals surface area contributed by atoms with E-state index in [1.54, 1.807) is 0 Å². The first-order chi connectivity index (χ1) is 17.2. The molecule has 0 heterocycles. The first-order valence-corrected chi connectivity index (χ1v) is 12.2. The maximum Gasteiger partial charge on any atom is 0.345 e. The summed E-state index contributed by atoms with van der Waals surface area (Å²) in [5, 5.41) is 17.1. The Kier molecular flexibility index (Phi) is 15.1. The van der Waals surface area contributed by atoms with Crippen LogP contribution in [0.2, 0.25) is 0 Å². The molecule has 1 aromatic rings. The van der Waals surface area contributed by atoms with Gasteiger partial charge in [0.2, 0.25) is 0 Å². The summed E-state index contributed by atoms with van der Waals surface area (Å²) in [6, 6.07) is 5.21. The molecule has 36 heavy (non-hydrogen) atoms. The van der Waals surface area contributed by atoms with Crippen molar-refractivity contribution >= 4 is 35.8 Å². The molecule has 0 amide bonds. The lowest BCUT2D eigenvalue weighted by Gasteiger charge is -2.06. The van der Waals surface area contributed by atoms with Gasteiger partial charge in [-0.15, -0.1) is 0 Å². The number of aliphatic carboxylic acids is 2. The number of unbranched alkanes of at least 4 members (excludes halogenated alkanes) is 8. The third kappa shape index (κ3) is 14.6. The number of hydrogen-bond acceptors (Lipinski definition) is 8. The fraction of sp³-hybridized carbons (Fsp3) is 0.538. The number of carboxylic acids is 2. The predicted molar refractivity (Wildman–Crippen MR) is 127 cm³/mol. The molecular formula is C26H34O10. The molecule has 0 unspecified atom stereocenters. The number of carbonyl (C=O) groups excluding carboxylic acids is 4. The molecule has 2 N–H and O–H groups in total. The Balaban J connectivity index is 2.27. The van der Waals surface area contributed by atoms with Gasteiger partial charge >= 0.3 is 35.8 Å². The van der Waals surface area contributed by atoms with Crippen LogP contribution in [0.25, 0.3) is 0 Å². The number of ether oxygens (including phenoxy) is 2. The van der Waals surface area contributed by atoms with Gasteiger partial charge in [-0.2, -0.15) is 0 Å². The first-order valence-electron chi connectivity index (χ1n) is 12.2. The highest BCUT2D eigenvalue weighted by molar-refractivity contribution is 5.99. The molecule has 0 aliphatic rings. The van der Waals surface area contributed by atoms with E-state index in [0.29, 0.717) is 25.7 Å². The summed E-state index contributed by atoms with van der Waals surface area (Å²) in [5.41, 5.74) is 0.144. The van der Waals surface area contributed by atoms with Crippen molar-refractivity contribution < 1.29 is 48.5 Å². The van der Waals surface area contributed by atoms with Crippen molar-refractivity contribution in [2.75, 3.05) is 0 Å². The lowest BCUT2D eigenvalue weighted by molar-refractivity contribution is -0.139. The highest BCUT2D eigenvalue weighted by Crippen LogP contribution is 2.12. The molecule has 198 valence electrons. The Hall–Kier alpha value is -3.56. The van der Waals surface area contributed by atoms with Crippen LogP contribution in [-0.2, 0) is 28.7 Å². The van der Waals surface area contributed by atoms with E-state index in [4.69, 9.17) is 19.7 Å². The van der Waals surface area contributed by atoms with Crippen LogP contribution >= 0.6 is 0 Å². The predicted octanol–water partition coefficient (Wildman–Crippen LogP) is 4.68. The van der Waals surface area contributed by atoms with Gasteiger partial charge in [0.25, 0.3) is 0 Å². The van der Waals surface area contributed by atoms with Crippen LogP contribution in [0.3, 0.4) is 0 Å². The van der Waals surface area contributed by atoms with Crippen LogP contribution in [0.15, 0.2) is 24.3 Å². The molecule has 0 saturated carbocycles. The minimum Gasteiger partial charge on any atom is -0.481 e. The quantitative estimate of drug-likeness (QED) is 0.162. The van der Waals surface area contributed by atoms with E-state index < -0.39 is 35.8 Å². The van der Waals surface area contributed by atoms with Gasteiger partial charge in [0, 0.05) is 25.7 Å². The molecule has 0 spiro atoms. The maximum absolute atomic E-state index is 12.1. The monoisotopic (exact) mass is 506 g/mol. The van der Waals surface area contributed by atoms with Crippen LogP contribution in [0.4, 0.5) is 0 Å². The van der Waals surface area contributed by atoms with Crippen molar-refractivity contribution in [3.05, 3.63) is 35.4 Å². The second-order valence-electron chi connectivity index (χ2n) is 8.42. The Labute approximate surface area is 210 Å². The largest absolute Gasteiger partial charge is 0.481 e. The average molecular weight is 507 g/mol. The van der Waals surface area contributed by atoms with Gasteiger partial charge in [-0.1, -0.05) is 38.5 Å². The third-order valence-electron chi connectivity index (χ3n) is 5.31. The molecule has 0 radical (unpaired) electrons. The minimum absolute atomic E-state index is 0.0690. The summed E-state index contributed by atoms with van der Waals surface area (Å²) in [5.74, 6) is -4.68. The summed E-state index contributed by atoms with van der Waals surface area (Å²) in [4.78, 5) is 68.7. The maximum atomic E-state index is 12.1. The molecule has 0 bridgehead atoms. The highest BCUT2D eigenvalue weighted by Gasteiger charge is 2.16. The van der Waals surface area contributed by atoms with E-state index in [2.05, 4.69) is 0 Å². The zero-order valence-corrected chi connectivity index (χ0v) is 20.4. The fourth-order valence-electron chi connectivity index (χ4n) is 3.32.